The van der Waals surface area contributed by atoms with Crippen molar-refractivity contribution in [3.8, 4) is 0 Å². The van der Waals surface area contributed by atoms with Crippen molar-refractivity contribution in [2.75, 3.05) is 17.7 Å². The molecule has 0 fully saturated rings. The van der Waals surface area contributed by atoms with Crippen LogP contribution >= 0.6 is 27.7 Å². The topological polar surface area (TPSA) is 72.2 Å². The van der Waals surface area contributed by atoms with Gasteiger partial charge >= 0.3 is 0 Å². The van der Waals surface area contributed by atoms with Crippen LogP contribution in [-0.2, 0) is 10.0 Å². The summed E-state index contributed by atoms with van der Waals surface area (Å²) < 4.78 is 40.6. The highest BCUT2D eigenvalue weighted by atomic mass is 79.9. The Labute approximate surface area is 125 Å². The normalized spacial score (nSPS) is 13.5. The first kappa shape index (κ1) is 16.7. The highest BCUT2D eigenvalue weighted by molar-refractivity contribution is 9.10. The molecule has 0 saturated carbocycles. The third-order valence-electron chi connectivity index (χ3n) is 2.45. The molecule has 108 valence electrons. The number of anilines is 1. The van der Waals surface area contributed by atoms with Gasteiger partial charge in [0.2, 0.25) is 10.0 Å². The van der Waals surface area contributed by atoms with Crippen molar-refractivity contribution in [3.63, 3.8) is 0 Å². The largest absolute Gasteiger partial charge is 0.398 e. The predicted octanol–water partition coefficient (Wildman–Crippen LogP) is 2.59. The second kappa shape index (κ2) is 6.92. The molecule has 0 saturated heterocycles. The molecule has 1 unspecified atom stereocenters. The van der Waals surface area contributed by atoms with E-state index in [9.17, 15) is 12.8 Å². The Morgan fingerprint density at radius 2 is 2.16 bits per heavy atom. The van der Waals surface area contributed by atoms with Gasteiger partial charge in [-0.05, 0) is 53.4 Å². The van der Waals surface area contributed by atoms with Gasteiger partial charge in [0, 0.05) is 16.2 Å². The molecular formula is C11H16BrFN2O2S2. The van der Waals surface area contributed by atoms with Crippen molar-refractivity contribution in [2.24, 2.45) is 0 Å². The van der Waals surface area contributed by atoms with Crippen molar-refractivity contribution in [3.05, 3.63) is 22.4 Å². The average Bonchev–Trinajstić information content (AvgIpc) is 2.30. The van der Waals surface area contributed by atoms with Crippen LogP contribution in [0, 0.1) is 5.82 Å². The van der Waals surface area contributed by atoms with Crippen LogP contribution in [0.15, 0.2) is 21.5 Å². The van der Waals surface area contributed by atoms with Gasteiger partial charge in [0.05, 0.1) is 0 Å². The highest BCUT2D eigenvalue weighted by Crippen LogP contribution is 2.26. The van der Waals surface area contributed by atoms with Gasteiger partial charge in [0.15, 0.2) is 0 Å². The van der Waals surface area contributed by atoms with E-state index in [1.54, 1.807) is 18.7 Å². The van der Waals surface area contributed by atoms with Crippen LogP contribution in [0.5, 0.6) is 0 Å². The Balaban J connectivity index is 2.98. The summed E-state index contributed by atoms with van der Waals surface area (Å²) in [6.07, 6.45) is 2.62. The van der Waals surface area contributed by atoms with Gasteiger partial charge in [-0.2, -0.15) is 11.8 Å². The van der Waals surface area contributed by atoms with Crippen molar-refractivity contribution in [1.29, 1.82) is 0 Å². The van der Waals surface area contributed by atoms with E-state index in [0.29, 0.717) is 10.9 Å². The molecule has 8 heteroatoms. The van der Waals surface area contributed by atoms with Crippen LogP contribution < -0.4 is 10.5 Å². The lowest BCUT2D eigenvalue weighted by atomic mass is 10.3. The minimum atomic E-state index is -3.89. The second-order valence-electron chi connectivity index (χ2n) is 4.11. The van der Waals surface area contributed by atoms with Crippen molar-refractivity contribution in [2.45, 2.75) is 24.3 Å². The molecule has 0 aliphatic rings. The van der Waals surface area contributed by atoms with Crippen LogP contribution in [0.3, 0.4) is 0 Å². The third kappa shape index (κ3) is 4.62. The molecule has 19 heavy (non-hydrogen) atoms. The summed E-state index contributed by atoms with van der Waals surface area (Å²) in [6.45, 7) is 1.74. The van der Waals surface area contributed by atoms with E-state index in [2.05, 4.69) is 20.7 Å². The first-order chi connectivity index (χ1) is 8.77. The summed E-state index contributed by atoms with van der Waals surface area (Å²) in [5.74, 6) is -0.0000883. The number of hydrogen-bond acceptors (Lipinski definition) is 4. The minimum absolute atomic E-state index is 0.179. The molecule has 1 rings (SSSR count). The Hall–Kier alpha value is -0.310. The number of nitrogens with one attached hydrogen (secondary N) is 1. The van der Waals surface area contributed by atoms with E-state index in [0.717, 1.165) is 17.9 Å². The fraction of sp³-hybridized carbons (Fsp3) is 0.455. The van der Waals surface area contributed by atoms with Crippen LogP contribution in [0.25, 0.3) is 0 Å². The molecular weight excluding hydrogens is 355 g/mol. The summed E-state index contributed by atoms with van der Waals surface area (Å²) in [6, 6.07) is 1.90. The second-order valence-corrected chi connectivity index (χ2v) is 7.63. The Kier molecular flexibility index (Phi) is 6.10. The number of nitrogens with two attached hydrogens (primary N) is 1. The highest BCUT2D eigenvalue weighted by Gasteiger charge is 2.22. The summed E-state index contributed by atoms with van der Waals surface area (Å²) >= 11 is 4.67. The standard InChI is InChI=1S/C11H16BrFN2O2S2/c1-7(3-4-18-2)15-19(16,17)11-6-10(14)8(12)5-9(11)13/h5-7,15H,3-4,14H2,1-2H3. The lowest BCUT2D eigenvalue weighted by Gasteiger charge is -2.14. The fourth-order valence-corrected chi connectivity index (χ4v) is 3.71. The average molecular weight is 371 g/mol. The summed E-state index contributed by atoms with van der Waals surface area (Å²) in [5, 5.41) is 0. The van der Waals surface area contributed by atoms with Gasteiger partial charge in [-0.25, -0.2) is 17.5 Å². The van der Waals surface area contributed by atoms with Gasteiger partial charge in [-0.1, -0.05) is 0 Å². The zero-order valence-corrected chi connectivity index (χ0v) is 13.8. The van der Waals surface area contributed by atoms with Gasteiger partial charge in [-0.15, -0.1) is 0 Å². The lowest BCUT2D eigenvalue weighted by Crippen LogP contribution is -2.33. The number of halogens is 2. The summed E-state index contributed by atoms with van der Waals surface area (Å²) in [4.78, 5) is -0.427. The minimum Gasteiger partial charge on any atom is -0.398 e. The van der Waals surface area contributed by atoms with Crippen molar-refractivity contribution < 1.29 is 12.8 Å². The number of hydrogen-bond donors (Lipinski definition) is 2. The predicted molar refractivity (Wildman–Crippen MR) is 81.3 cm³/mol. The molecule has 0 bridgehead atoms. The Morgan fingerprint density at radius 1 is 1.53 bits per heavy atom. The molecule has 1 atom stereocenters. The van der Waals surface area contributed by atoms with Gasteiger partial charge in [0.25, 0.3) is 0 Å². The quantitative estimate of drug-likeness (QED) is 0.754. The number of rotatable bonds is 6. The molecule has 3 N–H and O–H groups in total. The van der Waals surface area contributed by atoms with Crippen LogP contribution in [0.2, 0.25) is 0 Å². The smallest absolute Gasteiger partial charge is 0.243 e. The van der Waals surface area contributed by atoms with Crippen LogP contribution in [0.1, 0.15) is 13.3 Å². The van der Waals surface area contributed by atoms with E-state index < -0.39 is 20.7 Å². The van der Waals surface area contributed by atoms with E-state index in [4.69, 9.17) is 5.73 Å². The van der Waals surface area contributed by atoms with Gasteiger partial charge in [0.1, 0.15) is 10.7 Å². The zero-order valence-electron chi connectivity index (χ0n) is 10.6. The summed E-state index contributed by atoms with van der Waals surface area (Å²) in [5.41, 5.74) is 5.77. The molecule has 0 heterocycles. The van der Waals surface area contributed by atoms with Crippen molar-refractivity contribution in [1.82, 2.24) is 4.72 Å². The Bertz CT molecular complexity index is 552. The van der Waals surface area contributed by atoms with E-state index in [1.807, 2.05) is 6.26 Å². The molecule has 0 aliphatic carbocycles. The number of nitrogen functional groups attached to an aromatic ring is 1. The molecule has 0 spiro atoms. The molecule has 0 aliphatic heterocycles. The summed E-state index contributed by atoms with van der Waals surface area (Å²) in [7, 11) is -3.89. The van der Waals surface area contributed by atoms with Crippen LogP contribution in [-0.4, -0.2) is 26.5 Å². The maximum atomic E-state index is 13.7. The molecule has 0 aromatic heterocycles. The molecule has 0 amide bonds. The maximum Gasteiger partial charge on any atom is 0.243 e. The SMILES string of the molecule is CSCCC(C)NS(=O)(=O)c1cc(N)c(Br)cc1F. The fourth-order valence-electron chi connectivity index (χ4n) is 1.43. The van der Waals surface area contributed by atoms with Gasteiger partial charge < -0.3 is 5.73 Å². The van der Waals surface area contributed by atoms with Crippen molar-refractivity contribution >= 4 is 43.4 Å². The molecule has 1 aromatic carbocycles. The van der Waals surface area contributed by atoms with Gasteiger partial charge in [-0.3, -0.25) is 0 Å². The third-order valence-corrected chi connectivity index (χ3v) is 5.39. The molecule has 4 nitrogen and oxygen atoms in total. The Morgan fingerprint density at radius 3 is 2.74 bits per heavy atom. The number of benzene rings is 1. The molecule has 1 aromatic rings. The van der Waals surface area contributed by atoms with E-state index in [-0.39, 0.29) is 11.7 Å². The maximum absolute atomic E-state index is 13.7. The first-order valence-corrected chi connectivity index (χ1v) is 9.20. The number of sulfonamides is 1. The molecule has 0 radical (unpaired) electrons. The monoisotopic (exact) mass is 370 g/mol. The lowest BCUT2D eigenvalue weighted by molar-refractivity contribution is 0.540. The van der Waals surface area contributed by atoms with E-state index in [1.165, 1.54) is 0 Å². The van der Waals surface area contributed by atoms with Crippen LogP contribution in [0.4, 0.5) is 10.1 Å². The first-order valence-electron chi connectivity index (χ1n) is 5.53. The number of thioether (sulfide) groups is 1. The zero-order chi connectivity index (χ0) is 14.6. The van der Waals surface area contributed by atoms with E-state index >= 15 is 0 Å².